The van der Waals surface area contributed by atoms with Crippen molar-refractivity contribution in [2.75, 3.05) is 26.4 Å². The number of phosphoric ester groups is 1. The molecule has 18 unspecified atom stereocenters. The van der Waals surface area contributed by atoms with Gasteiger partial charge in [-0.05, 0) is 51.4 Å². The minimum Gasteiger partial charge on any atom is -0.463 e. The first kappa shape index (κ1) is 87.4. The SMILES string of the molecule is CCCCCCCCC/C=C\CCCCCC(=O)OCC1OC(OC2C(O)C(O)C(O)C(OC3OC(CO)C(O)C(O)C3O)C2OP(=O)(O)OCC(COC(=O)CCCCCCCCCCCCCC)OC(=O)/C=C/C=C/CCCCCCCCCCCCC)C(O)C(O)C1O. The summed E-state index contributed by atoms with van der Waals surface area (Å²) in [4.78, 5) is 50.8. The Morgan fingerprint density at radius 2 is 0.802 bits per heavy atom. The number of ether oxygens (including phenoxy) is 7. The number of esters is 3. The number of allylic oxidation sites excluding steroid dienone is 5. The maximum absolute atomic E-state index is 14.3. The maximum atomic E-state index is 14.3. The van der Waals surface area contributed by atoms with E-state index in [1.54, 1.807) is 6.08 Å². The van der Waals surface area contributed by atoms with Crippen molar-refractivity contribution in [1.29, 1.82) is 0 Å². The molecule has 2 heterocycles. The zero-order chi connectivity index (χ0) is 70.4. The number of aliphatic hydroxyl groups excluding tert-OH is 10. The molecule has 3 rings (SSSR count). The molecule has 0 aromatic heterocycles. The Morgan fingerprint density at radius 1 is 0.427 bits per heavy atom. The van der Waals surface area contributed by atoms with Crippen molar-refractivity contribution in [1.82, 2.24) is 0 Å². The number of hydrogen-bond donors (Lipinski definition) is 11. The summed E-state index contributed by atoms with van der Waals surface area (Å²) in [7, 11) is -5.72. The predicted molar refractivity (Wildman–Crippen MR) is 361 cm³/mol. The Morgan fingerprint density at radius 3 is 1.25 bits per heavy atom. The van der Waals surface area contributed by atoms with Gasteiger partial charge in [0.05, 0.1) is 13.2 Å². The van der Waals surface area contributed by atoms with Gasteiger partial charge in [-0.15, -0.1) is 0 Å². The smallest absolute Gasteiger partial charge is 0.463 e. The van der Waals surface area contributed by atoms with E-state index in [-0.39, 0.29) is 12.8 Å². The van der Waals surface area contributed by atoms with E-state index in [1.807, 2.05) is 6.08 Å². The van der Waals surface area contributed by atoms with Gasteiger partial charge in [0.2, 0.25) is 0 Å². The zero-order valence-corrected chi connectivity index (χ0v) is 59.0. The largest absolute Gasteiger partial charge is 0.472 e. The highest BCUT2D eigenvalue weighted by Crippen LogP contribution is 2.49. The Balaban J connectivity index is 1.77. The maximum Gasteiger partial charge on any atom is 0.472 e. The van der Waals surface area contributed by atoms with Crippen LogP contribution >= 0.6 is 7.82 Å². The number of rotatable bonds is 56. The van der Waals surface area contributed by atoms with Gasteiger partial charge in [-0.3, -0.25) is 18.6 Å². The van der Waals surface area contributed by atoms with Crippen LogP contribution in [0.5, 0.6) is 0 Å². The number of unbranched alkanes of at least 4 members (excludes halogenated alkanes) is 32. The normalized spacial score (nSPS) is 28.1. The second kappa shape index (κ2) is 53.1. The third-order valence-electron chi connectivity index (χ3n) is 18.0. The van der Waals surface area contributed by atoms with Crippen LogP contribution < -0.4 is 0 Å². The molecule has 0 spiro atoms. The fourth-order valence-corrected chi connectivity index (χ4v) is 12.9. The third-order valence-corrected chi connectivity index (χ3v) is 19.0. The molecule has 0 amide bonds. The van der Waals surface area contributed by atoms with E-state index in [9.17, 15) is 74.9 Å². The van der Waals surface area contributed by atoms with E-state index in [1.165, 1.54) is 134 Å². The summed E-state index contributed by atoms with van der Waals surface area (Å²) in [6.45, 7) is 3.30. The van der Waals surface area contributed by atoms with Gasteiger partial charge < -0.3 is 89.1 Å². The van der Waals surface area contributed by atoms with Crippen molar-refractivity contribution in [3.63, 3.8) is 0 Å². The highest BCUT2D eigenvalue weighted by molar-refractivity contribution is 7.47. The minimum absolute atomic E-state index is 0.00430. The van der Waals surface area contributed by atoms with Crippen LogP contribution in [0.25, 0.3) is 0 Å². The standard InChI is InChI=1S/C71H127O24P/c1-4-7-10-13-16-19-22-25-27-29-32-35-38-41-44-47-57(75)90-52(49-87-55(73)45-42-39-36-33-30-24-21-18-15-12-9-6-3)50-89-96(85,86)95-69-67(93-70-65(83)60(78)58(76)53(48-72)91-70)63(81)62(80)64(82)68(69)94-71-66(84)61(79)59(77)54(92-71)51-88-56(74)46-43-40-37-34-31-28-26-23-20-17-14-11-8-5-2/h28,31,38,41,44,47,52-54,58-72,76-84H,4-27,29-30,32-37,39-40,42-43,45-46,48-51H2,1-3H3,(H,85,86)/b31-28-,41-38+,47-44+. The molecule has 18 atom stereocenters. The molecule has 560 valence electrons. The predicted octanol–water partition coefficient (Wildman–Crippen LogP) is 9.51. The Bertz CT molecular complexity index is 2140. The summed E-state index contributed by atoms with van der Waals surface area (Å²) in [5.74, 6) is -2.26. The summed E-state index contributed by atoms with van der Waals surface area (Å²) in [6, 6.07) is 0. The number of hydrogen-bond acceptors (Lipinski definition) is 23. The van der Waals surface area contributed by atoms with E-state index in [4.69, 9.17) is 42.2 Å². The molecule has 3 aliphatic rings. The zero-order valence-electron chi connectivity index (χ0n) is 58.2. The van der Waals surface area contributed by atoms with E-state index < -0.39 is 156 Å². The van der Waals surface area contributed by atoms with Crippen LogP contribution in [0.15, 0.2) is 36.5 Å². The first-order valence-corrected chi connectivity index (χ1v) is 38.3. The third kappa shape index (κ3) is 36.2. The van der Waals surface area contributed by atoms with Crippen molar-refractivity contribution < 1.29 is 117 Å². The Kier molecular flexibility index (Phi) is 48.3. The van der Waals surface area contributed by atoms with Crippen molar-refractivity contribution in [3.05, 3.63) is 36.5 Å². The number of carbonyl (C=O) groups excluding carboxylic acids is 3. The molecule has 0 radical (unpaired) electrons. The van der Waals surface area contributed by atoms with Crippen molar-refractivity contribution in [3.8, 4) is 0 Å². The lowest BCUT2D eigenvalue weighted by atomic mass is 9.84. The summed E-state index contributed by atoms with van der Waals surface area (Å²) in [6.07, 6.45) is 14.4. The van der Waals surface area contributed by atoms with Gasteiger partial charge in [0, 0.05) is 18.9 Å². The molecule has 0 aromatic rings. The van der Waals surface area contributed by atoms with Gasteiger partial charge in [0.15, 0.2) is 18.7 Å². The molecule has 2 aliphatic heterocycles. The van der Waals surface area contributed by atoms with Gasteiger partial charge >= 0.3 is 25.7 Å². The van der Waals surface area contributed by atoms with E-state index >= 15 is 0 Å². The highest BCUT2D eigenvalue weighted by atomic mass is 31.2. The molecule has 1 saturated carbocycles. The molecule has 3 fully saturated rings. The van der Waals surface area contributed by atoms with Crippen LogP contribution in [-0.4, -0.2) is 204 Å². The van der Waals surface area contributed by atoms with Gasteiger partial charge in [-0.2, -0.15) is 0 Å². The van der Waals surface area contributed by atoms with Gasteiger partial charge in [-0.25, -0.2) is 9.36 Å². The quantitative estimate of drug-likeness (QED) is 0.00513. The van der Waals surface area contributed by atoms with E-state index in [0.29, 0.717) is 12.8 Å². The highest BCUT2D eigenvalue weighted by Gasteiger charge is 2.58. The molecule has 96 heavy (non-hydrogen) atoms. The van der Waals surface area contributed by atoms with Crippen LogP contribution in [0, 0.1) is 0 Å². The average molecular weight is 1400 g/mol. The van der Waals surface area contributed by atoms with Crippen LogP contribution in [0.3, 0.4) is 0 Å². The van der Waals surface area contributed by atoms with Crippen molar-refractivity contribution >= 4 is 25.7 Å². The minimum atomic E-state index is -5.72. The molecule has 0 bridgehead atoms. The summed E-state index contributed by atoms with van der Waals surface area (Å²) < 4.78 is 64.7. The average Bonchev–Trinajstić information content (AvgIpc) is 0.764. The molecule has 1 aliphatic carbocycles. The van der Waals surface area contributed by atoms with Crippen LogP contribution in [0.2, 0.25) is 0 Å². The number of phosphoric acid groups is 1. The second-order valence-corrected chi connectivity index (χ2v) is 27.8. The van der Waals surface area contributed by atoms with Crippen LogP contribution in [-0.2, 0) is 61.2 Å². The molecule has 24 nitrogen and oxygen atoms in total. The van der Waals surface area contributed by atoms with Crippen molar-refractivity contribution in [2.24, 2.45) is 0 Å². The monoisotopic (exact) mass is 1390 g/mol. The lowest BCUT2D eigenvalue weighted by Gasteiger charge is -2.49. The molecule has 11 N–H and O–H groups in total. The number of aliphatic hydroxyl groups is 10. The van der Waals surface area contributed by atoms with Crippen molar-refractivity contribution in [2.45, 2.75) is 369 Å². The molecular formula is C71H127O24P. The fourth-order valence-electron chi connectivity index (χ4n) is 12.0. The summed E-state index contributed by atoms with van der Waals surface area (Å²) >= 11 is 0. The summed E-state index contributed by atoms with van der Waals surface area (Å²) in [5.41, 5.74) is 0. The van der Waals surface area contributed by atoms with Gasteiger partial charge in [-0.1, -0.05) is 231 Å². The van der Waals surface area contributed by atoms with Gasteiger partial charge in [0.1, 0.15) is 98.7 Å². The molecule has 25 heteroatoms. The topological polar surface area (TPSA) is 374 Å². The lowest BCUT2D eigenvalue weighted by Crippen LogP contribution is -2.69. The van der Waals surface area contributed by atoms with Crippen LogP contribution in [0.1, 0.15) is 265 Å². The van der Waals surface area contributed by atoms with Gasteiger partial charge in [0.25, 0.3) is 0 Å². The Labute approximate surface area is 572 Å². The first-order valence-electron chi connectivity index (χ1n) is 36.8. The second-order valence-electron chi connectivity index (χ2n) is 26.4. The summed E-state index contributed by atoms with van der Waals surface area (Å²) in [5, 5.41) is 110. The molecular weight excluding hydrogens is 1270 g/mol. The molecule has 2 saturated heterocycles. The first-order chi connectivity index (χ1) is 46.3. The van der Waals surface area contributed by atoms with Crippen LogP contribution in [0.4, 0.5) is 0 Å². The lowest BCUT2D eigenvalue weighted by molar-refractivity contribution is -0.360. The number of carbonyl (C=O) groups is 3. The van der Waals surface area contributed by atoms with E-state index in [2.05, 4.69) is 32.9 Å². The molecule has 0 aromatic carbocycles. The Hall–Kier alpha value is -2.82. The van der Waals surface area contributed by atoms with E-state index in [0.717, 1.165) is 96.0 Å². The fraction of sp³-hybridized carbons (Fsp3) is 0.873.